The highest BCUT2D eigenvalue weighted by Gasteiger charge is 2.18. The molecular formula is C17H20BrClS. The van der Waals surface area contributed by atoms with E-state index in [2.05, 4.69) is 67.9 Å². The molecule has 108 valence electrons. The molecule has 20 heavy (non-hydrogen) atoms. The molecule has 2 rings (SSSR count). The molecule has 0 fully saturated rings. The molecule has 0 saturated carbocycles. The zero-order chi connectivity index (χ0) is 14.9. The molecule has 0 N–H and O–H groups in total. The monoisotopic (exact) mass is 370 g/mol. The molecule has 2 aromatic rings. The molecule has 0 aliphatic carbocycles. The number of rotatable bonds is 4. The Hall–Kier alpha value is -0.310. The van der Waals surface area contributed by atoms with E-state index >= 15 is 0 Å². The SMILES string of the molecule is CC(C)c1ccc(C(Br)c2ccc(Cl)s2)c(C(C)C)c1. The number of thiophene rings is 1. The molecule has 0 amide bonds. The fourth-order valence-corrected chi connectivity index (χ4v) is 4.21. The average molecular weight is 372 g/mol. The molecule has 0 saturated heterocycles. The van der Waals surface area contributed by atoms with Crippen LogP contribution in [0.4, 0.5) is 0 Å². The highest BCUT2D eigenvalue weighted by molar-refractivity contribution is 9.09. The maximum Gasteiger partial charge on any atom is 0.0931 e. The lowest BCUT2D eigenvalue weighted by molar-refractivity contribution is 0.821. The Morgan fingerprint density at radius 2 is 1.65 bits per heavy atom. The summed E-state index contributed by atoms with van der Waals surface area (Å²) in [6.45, 7) is 8.99. The van der Waals surface area contributed by atoms with E-state index in [1.807, 2.05) is 6.07 Å². The highest BCUT2D eigenvalue weighted by Crippen LogP contribution is 2.40. The molecule has 0 spiro atoms. The van der Waals surface area contributed by atoms with Crippen LogP contribution >= 0.6 is 38.9 Å². The van der Waals surface area contributed by atoms with Gasteiger partial charge in [0.1, 0.15) is 0 Å². The van der Waals surface area contributed by atoms with Crippen molar-refractivity contribution in [3.05, 3.63) is 56.2 Å². The molecule has 0 bridgehead atoms. The summed E-state index contributed by atoms with van der Waals surface area (Å²) in [5.41, 5.74) is 4.17. The van der Waals surface area contributed by atoms with Crippen LogP contribution in [0.15, 0.2) is 30.3 Å². The van der Waals surface area contributed by atoms with E-state index in [0.29, 0.717) is 11.8 Å². The molecule has 0 radical (unpaired) electrons. The van der Waals surface area contributed by atoms with Gasteiger partial charge in [0.25, 0.3) is 0 Å². The van der Waals surface area contributed by atoms with Gasteiger partial charge in [-0.3, -0.25) is 0 Å². The van der Waals surface area contributed by atoms with Gasteiger partial charge in [-0.2, -0.15) is 0 Å². The second-order valence-electron chi connectivity index (χ2n) is 5.70. The summed E-state index contributed by atoms with van der Waals surface area (Å²) in [5, 5.41) is 0. The molecule has 0 aliphatic heterocycles. The van der Waals surface area contributed by atoms with Crippen molar-refractivity contribution in [1.29, 1.82) is 0 Å². The molecule has 1 atom stereocenters. The molecule has 1 unspecified atom stereocenters. The molecule has 1 aromatic carbocycles. The minimum Gasteiger partial charge on any atom is -0.127 e. The largest absolute Gasteiger partial charge is 0.127 e. The van der Waals surface area contributed by atoms with Gasteiger partial charge in [-0.1, -0.05) is 73.4 Å². The maximum absolute atomic E-state index is 6.06. The van der Waals surface area contributed by atoms with Gasteiger partial charge in [0.2, 0.25) is 0 Å². The van der Waals surface area contributed by atoms with Gasteiger partial charge in [-0.25, -0.2) is 0 Å². The summed E-state index contributed by atoms with van der Waals surface area (Å²) in [5.74, 6) is 1.07. The van der Waals surface area contributed by atoms with Gasteiger partial charge in [0, 0.05) is 4.88 Å². The Balaban J connectivity index is 2.45. The third kappa shape index (κ3) is 3.47. The molecular weight excluding hydrogens is 352 g/mol. The van der Waals surface area contributed by atoms with Crippen molar-refractivity contribution in [1.82, 2.24) is 0 Å². The first-order valence-electron chi connectivity index (χ1n) is 6.93. The highest BCUT2D eigenvalue weighted by atomic mass is 79.9. The summed E-state index contributed by atoms with van der Waals surface area (Å²) in [7, 11) is 0. The van der Waals surface area contributed by atoms with E-state index in [9.17, 15) is 0 Å². The summed E-state index contributed by atoms with van der Waals surface area (Å²) in [6.07, 6.45) is 0. The summed E-state index contributed by atoms with van der Waals surface area (Å²) in [4.78, 5) is 1.48. The van der Waals surface area contributed by atoms with E-state index in [-0.39, 0.29) is 4.83 Å². The van der Waals surface area contributed by atoms with Crippen molar-refractivity contribution in [2.75, 3.05) is 0 Å². The van der Waals surface area contributed by atoms with Crippen molar-refractivity contribution in [2.45, 2.75) is 44.4 Å². The predicted octanol–water partition coefficient (Wildman–Crippen LogP) is 7.13. The number of hydrogen-bond acceptors (Lipinski definition) is 1. The third-order valence-corrected chi connectivity index (χ3v) is 6.10. The third-order valence-electron chi connectivity index (χ3n) is 3.52. The van der Waals surface area contributed by atoms with Crippen molar-refractivity contribution in [2.24, 2.45) is 0 Å². The number of benzene rings is 1. The van der Waals surface area contributed by atoms with Gasteiger partial charge in [-0.05, 0) is 40.7 Å². The zero-order valence-corrected chi connectivity index (χ0v) is 15.4. The first-order valence-corrected chi connectivity index (χ1v) is 9.04. The lowest BCUT2D eigenvalue weighted by Gasteiger charge is -2.19. The van der Waals surface area contributed by atoms with Crippen LogP contribution in [-0.4, -0.2) is 0 Å². The average Bonchev–Trinajstić information content (AvgIpc) is 2.83. The summed E-state index contributed by atoms with van der Waals surface area (Å²) in [6, 6.07) is 10.9. The molecule has 1 aromatic heterocycles. The zero-order valence-electron chi connectivity index (χ0n) is 12.3. The molecule has 0 nitrogen and oxygen atoms in total. The lowest BCUT2D eigenvalue weighted by Crippen LogP contribution is -2.01. The first-order chi connectivity index (χ1) is 9.40. The van der Waals surface area contributed by atoms with Gasteiger partial charge >= 0.3 is 0 Å². The van der Waals surface area contributed by atoms with Crippen LogP contribution in [0.2, 0.25) is 4.34 Å². The number of alkyl halides is 1. The lowest BCUT2D eigenvalue weighted by atomic mass is 9.90. The van der Waals surface area contributed by atoms with Crippen LogP contribution in [0.1, 0.15) is 65.9 Å². The Bertz CT molecular complexity index is 586. The van der Waals surface area contributed by atoms with E-state index in [4.69, 9.17) is 11.6 Å². The summed E-state index contributed by atoms with van der Waals surface area (Å²) < 4.78 is 0.842. The normalized spacial score (nSPS) is 13.2. The van der Waals surface area contributed by atoms with Crippen molar-refractivity contribution in [3.63, 3.8) is 0 Å². The van der Waals surface area contributed by atoms with E-state index in [1.54, 1.807) is 11.3 Å². The second-order valence-corrected chi connectivity index (χ2v) is 8.36. The van der Waals surface area contributed by atoms with Crippen LogP contribution in [0, 0.1) is 0 Å². The Morgan fingerprint density at radius 1 is 0.950 bits per heavy atom. The van der Waals surface area contributed by atoms with Crippen molar-refractivity contribution < 1.29 is 0 Å². The van der Waals surface area contributed by atoms with E-state index in [1.165, 1.54) is 21.6 Å². The summed E-state index contributed by atoms with van der Waals surface area (Å²) >= 11 is 11.5. The van der Waals surface area contributed by atoms with Crippen LogP contribution < -0.4 is 0 Å². The quantitative estimate of drug-likeness (QED) is 0.501. The Labute approximate surface area is 139 Å². The van der Waals surface area contributed by atoms with Crippen LogP contribution in [0.5, 0.6) is 0 Å². The Kier molecular flexibility index (Phi) is 5.33. The fourth-order valence-electron chi connectivity index (χ4n) is 2.30. The van der Waals surface area contributed by atoms with Crippen LogP contribution in [0.3, 0.4) is 0 Å². The van der Waals surface area contributed by atoms with Crippen molar-refractivity contribution >= 4 is 38.9 Å². The minimum atomic E-state index is 0.221. The standard InChI is InChI=1S/C17H20BrClS/c1-10(2)12-5-6-13(14(9-12)11(3)4)17(18)15-7-8-16(19)20-15/h5-11,17H,1-4H3. The number of halogens is 2. The smallest absolute Gasteiger partial charge is 0.0931 e. The predicted molar refractivity (Wildman–Crippen MR) is 94.7 cm³/mol. The molecule has 3 heteroatoms. The number of hydrogen-bond donors (Lipinski definition) is 0. The Morgan fingerprint density at radius 3 is 2.15 bits per heavy atom. The maximum atomic E-state index is 6.06. The molecule has 0 aliphatic rings. The van der Waals surface area contributed by atoms with Gasteiger partial charge < -0.3 is 0 Å². The van der Waals surface area contributed by atoms with Crippen molar-refractivity contribution in [3.8, 4) is 0 Å². The first kappa shape index (κ1) is 16.1. The fraction of sp³-hybridized carbons (Fsp3) is 0.412. The van der Waals surface area contributed by atoms with Gasteiger partial charge in [0.15, 0.2) is 0 Å². The minimum absolute atomic E-state index is 0.221. The van der Waals surface area contributed by atoms with Gasteiger partial charge in [-0.15, -0.1) is 11.3 Å². The topological polar surface area (TPSA) is 0 Å². The molecule has 1 heterocycles. The van der Waals surface area contributed by atoms with E-state index < -0.39 is 0 Å². The second kappa shape index (κ2) is 6.64. The van der Waals surface area contributed by atoms with E-state index in [0.717, 1.165) is 4.34 Å². The van der Waals surface area contributed by atoms with Gasteiger partial charge in [0.05, 0.1) is 9.16 Å². The van der Waals surface area contributed by atoms with Crippen LogP contribution in [0.25, 0.3) is 0 Å². The van der Waals surface area contributed by atoms with Crippen LogP contribution in [-0.2, 0) is 0 Å².